The first-order chi connectivity index (χ1) is 7.68. The first-order valence-electron chi connectivity index (χ1n) is 5.43. The van der Waals surface area contributed by atoms with Crippen molar-refractivity contribution < 1.29 is 4.79 Å². The Labute approximate surface area is 94.4 Å². The lowest BCUT2D eigenvalue weighted by molar-refractivity contribution is -0.122. The molecule has 0 aromatic carbocycles. The minimum Gasteiger partial charge on any atom is -0.382 e. The second kappa shape index (κ2) is 4.38. The molecule has 1 aromatic heterocycles. The minimum absolute atomic E-state index is 0.0756. The van der Waals surface area contributed by atoms with Crippen molar-refractivity contribution >= 4 is 17.4 Å². The van der Waals surface area contributed by atoms with Gasteiger partial charge in [-0.05, 0) is 25.0 Å². The summed E-state index contributed by atoms with van der Waals surface area (Å²) in [4.78, 5) is 17.3. The first-order valence-corrected chi connectivity index (χ1v) is 5.43. The van der Waals surface area contributed by atoms with E-state index in [0.717, 1.165) is 25.1 Å². The molecule has 16 heavy (non-hydrogen) atoms. The number of rotatable bonds is 2. The van der Waals surface area contributed by atoms with Crippen LogP contribution < -0.4 is 16.4 Å². The number of nitrogens with zero attached hydrogens (tertiary/aromatic N) is 2. The van der Waals surface area contributed by atoms with Gasteiger partial charge in [-0.2, -0.15) is 0 Å². The number of aromatic nitrogens is 1. The smallest absolute Gasteiger partial charge is 0.222 e. The summed E-state index contributed by atoms with van der Waals surface area (Å²) in [6, 6.07) is 3.77. The highest BCUT2D eigenvalue weighted by atomic mass is 16.1. The van der Waals surface area contributed by atoms with Gasteiger partial charge in [-0.1, -0.05) is 0 Å². The van der Waals surface area contributed by atoms with Crippen molar-refractivity contribution in [1.29, 1.82) is 0 Å². The molecule has 1 amide bonds. The quantitative estimate of drug-likeness (QED) is 0.753. The van der Waals surface area contributed by atoms with Gasteiger partial charge in [-0.15, -0.1) is 0 Å². The van der Waals surface area contributed by atoms with E-state index in [9.17, 15) is 4.79 Å². The molecule has 0 spiro atoms. The zero-order valence-electron chi connectivity index (χ0n) is 9.10. The molecule has 1 aromatic rings. The third-order valence-electron chi connectivity index (χ3n) is 2.98. The maximum atomic E-state index is 11.2. The molecule has 5 heteroatoms. The van der Waals surface area contributed by atoms with Gasteiger partial charge in [0.05, 0.1) is 11.6 Å². The number of primary amides is 1. The molecule has 5 nitrogen and oxygen atoms in total. The highest BCUT2D eigenvalue weighted by Crippen LogP contribution is 2.26. The molecule has 1 saturated heterocycles. The summed E-state index contributed by atoms with van der Waals surface area (Å²) >= 11 is 0. The summed E-state index contributed by atoms with van der Waals surface area (Å²) in [5.41, 5.74) is 12.0. The fourth-order valence-electron chi connectivity index (χ4n) is 2.10. The number of nitrogens with two attached hydrogens (primary N) is 2. The molecular weight excluding hydrogens is 204 g/mol. The fraction of sp³-hybridized carbons (Fsp3) is 0.455. The monoisotopic (exact) mass is 220 g/mol. The van der Waals surface area contributed by atoms with E-state index in [1.54, 1.807) is 6.20 Å². The van der Waals surface area contributed by atoms with Crippen LogP contribution in [0.2, 0.25) is 0 Å². The Kier molecular flexibility index (Phi) is 2.94. The predicted molar refractivity (Wildman–Crippen MR) is 62.8 cm³/mol. The number of carbonyl (C=O) groups excluding carboxylic acids is 1. The summed E-state index contributed by atoms with van der Waals surface area (Å²) in [5, 5.41) is 0. The average Bonchev–Trinajstić information content (AvgIpc) is 2.30. The van der Waals surface area contributed by atoms with Crippen molar-refractivity contribution in [3.63, 3.8) is 0 Å². The lowest BCUT2D eigenvalue weighted by atomic mass is 9.97. The lowest BCUT2D eigenvalue weighted by Crippen LogP contribution is -2.41. The normalized spacial score (nSPS) is 20.8. The number of pyridine rings is 1. The van der Waals surface area contributed by atoms with Crippen molar-refractivity contribution in [3.05, 3.63) is 18.3 Å². The van der Waals surface area contributed by atoms with Crippen LogP contribution in [0, 0.1) is 5.92 Å². The third kappa shape index (κ3) is 2.08. The number of nitrogen functional groups attached to an aromatic ring is 1. The van der Waals surface area contributed by atoms with Crippen molar-refractivity contribution in [2.75, 3.05) is 23.7 Å². The molecule has 1 atom stereocenters. The minimum atomic E-state index is -0.229. The Morgan fingerprint density at radius 2 is 2.38 bits per heavy atom. The van der Waals surface area contributed by atoms with E-state index in [1.807, 2.05) is 12.1 Å². The van der Waals surface area contributed by atoms with Gasteiger partial charge in [0.2, 0.25) is 5.91 Å². The van der Waals surface area contributed by atoms with Crippen molar-refractivity contribution in [3.8, 4) is 0 Å². The van der Waals surface area contributed by atoms with Crippen molar-refractivity contribution in [2.45, 2.75) is 12.8 Å². The molecule has 1 unspecified atom stereocenters. The topological polar surface area (TPSA) is 85.2 Å². The highest BCUT2D eigenvalue weighted by Gasteiger charge is 2.25. The van der Waals surface area contributed by atoms with Crippen LogP contribution in [-0.2, 0) is 4.79 Å². The van der Waals surface area contributed by atoms with E-state index in [0.29, 0.717) is 12.4 Å². The number of piperidine rings is 1. The number of amides is 1. The SMILES string of the molecule is NC(=O)C1CCCN(c2cccnc2N)C1. The summed E-state index contributed by atoms with van der Waals surface area (Å²) in [6.07, 6.45) is 3.49. The van der Waals surface area contributed by atoms with Crippen LogP contribution in [0.15, 0.2) is 18.3 Å². The van der Waals surface area contributed by atoms with Gasteiger partial charge in [0.1, 0.15) is 5.82 Å². The Bertz CT molecular complexity index is 393. The maximum absolute atomic E-state index is 11.2. The molecule has 86 valence electrons. The molecule has 2 rings (SSSR count). The van der Waals surface area contributed by atoms with Crippen LogP contribution in [0.4, 0.5) is 11.5 Å². The standard InChI is InChI=1S/C11H16N4O/c12-10-9(4-1-5-14-10)15-6-2-3-8(7-15)11(13)16/h1,4-5,8H,2-3,6-7H2,(H2,12,14)(H2,13,16). The van der Waals surface area contributed by atoms with Gasteiger partial charge >= 0.3 is 0 Å². The Morgan fingerprint density at radius 1 is 1.56 bits per heavy atom. The molecule has 0 aliphatic carbocycles. The van der Waals surface area contributed by atoms with E-state index in [-0.39, 0.29) is 11.8 Å². The lowest BCUT2D eigenvalue weighted by Gasteiger charge is -2.33. The number of hydrogen-bond donors (Lipinski definition) is 2. The zero-order valence-corrected chi connectivity index (χ0v) is 9.10. The van der Waals surface area contributed by atoms with E-state index in [2.05, 4.69) is 9.88 Å². The number of anilines is 2. The van der Waals surface area contributed by atoms with Crippen LogP contribution in [0.1, 0.15) is 12.8 Å². The van der Waals surface area contributed by atoms with Gasteiger partial charge in [0, 0.05) is 19.3 Å². The average molecular weight is 220 g/mol. The first kappa shape index (κ1) is 10.7. The van der Waals surface area contributed by atoms with E-state index >= 15 is 0 Å². The van der Waals surface area contributed by atoms with Crippen molar-refractivity contribution in [1.82, 2.24) is 4.98 Å². The molecule has 0 saturated carbocycles. The largest absolute Gasteiger partial charge is 0.382 e. The molecule has 1 fully saturated rings. The van der Waals surface area contributed by atoms with Gasteiger partial charge in [-0.25, -0.2) is 4.98 Å². The number of carbonyl (C=O) groups is 1. The van der Waals surface area contributed by atoms with Crippen LogP contribution in [0.25, 0.3) is 0 Å². The molecular formula is C11H16N4O. The van der Waals surface area contributed by atoms with E-state index in [4.69, 9.17) is 11.5 Å². The van der Waals surface area contributed by atoms with Crippen LogP contribution in [0.5, 0.6) is 0 Å². The summed E-state index contributed by atoms with van der Waals surface area (Å²) in [7, 11) is 0. The van der Waals surface area contributed by atoms with Crippen LogP contribution in [-0.4, -0.2) is 24.0 Å². The molecule has 1 aliphatic heterocycles. The summed E-state index contributed by atoms with van der Waals surface area (Å²) in [6.45, 7) is 1.55. The van der Waals surface area contributed by atoms with E-state index in [1.165, 1.54) is 0 Å². The van der Waals surface area contributed by atoms with Crippen molar-refractivity contribution in [2.24, 2.45) is 11.7 Å². The number of hydrogen-bond acceptors (Lipinski definition) is 4. The summed E-state index contributed by atoms with van der Waals surface area (Å²) < 4.78 is 0. The summed E-state index contributed by atoms with van der Waals surface area (Å²) in [5.74, 6) is 0.202. The van der Waals surface area contributed by atoms with E-state index < -0.39 is 0 Å². The van der Waals surface area contributed by atoms with Gasteiger partial charge < -0.3 is 16.4 Å². The fourth-order valence-corrected chi connectivity index (χ4v) is 2.10. The second-order valence-electron chi connectivity index (χ2n) is 4.10. The molecule has 2 heterocycles. The molecule has 0 radical (unpaired) electrons. The van der Waals surface area contributed by atoms with Crippen LogP contribution >= 0.6 is 0 Å². The van der Waals surface area contributed by atoms with Gasteiger partial charge in [0.25, 0.3) is 0 Å². The maximum Gasteiger partial charge on any atom is 0.222 e. The predicted octanol–water partition coefficient (Wildman–Crippen LogP) is 0.365. The van der Waals surface area contributed by atoms with Crippen LogP contribution in [0.3, 0.4) is 0 Å². The second-order valence-corrected chi connectivity index (χ2v) is 4.10. The van der Waals surface area contributed by atoms with Gasteiger partial charge in [0.15, 0.2) is 0 Å². The molecule has 4 N–H and O–H groups in total. The zero-order chi connectivity index (χ0) is 11.5. The Hall–Kier alpha value is -1.78. The Balaban J connectivity index is 2.16. The highest BCUT2D eigenvalue weighted by molar-refractivity contribution is 5.78. The Morgan fingerprint density at radius 3 is 3.06 bits per heavy atom. The van der Waals surface area contributed by atoms with Gasteiger partial charge in [-0.3, -0.25) is 4.79 Å². The third-order valence-corrected chi connectivity index (χ3v) is 2.98. The molecule has 0 bridgehead atoms. The molecule has 1 aliphatic rings.